The molecule has 0 aromatic carbocycles. The quantitative estimate of drug-likeness (QED) is 0.454. The van der Waals surface area contributed by atoms with Gasteiger partial charge in [-0.1, -0.05) is 5.11 Å². The highest BCUT2D eigenvalue weighted by Crippen LogP contribution is 2.26. The first-order valence-electron chi connectivity index (χ1n) is 6.25. The van der Waals surface area contributed by atoms with Crippen LogP contribution < -0.4 is 11.2 Å². The standard InChI is InChI=1S/C10H13N5O4/c1-5-7(16)2-8(19-5)15-4-6(3-12-14-11)9(17)13-10(15)18/h4-5,7-8,16H,2-3H2,1H3,(H,13,17,18)/t5-,7-,8-/m1/s1/i1D. The number of aromatic amines is 1. The van der Waals surface area contributed by atoms with Crippen LogP contribution in [0.4, 0.5) is 0 Å². The fourth-order valence-electron chi connectivity index (χ4n) is 1.85. The maximum Gasteiger partial charge on any atom is 0.330 e. The lowest BCUT2D eigenvalue weighted by atomic mass is 10.2. The van der Waals surface area contributed by atoms with E-state index in [0.717, 1.165) is 4.57 Å². The molecular weight excluding hydrogens is 254 g/mol. The van der Waals surface area contributed by atoms with Crippen molar-refractivity contribution in [3.8, 4) is 0 Å². The molecule has 102 valence electrons. The molecule has 2 heterocycles. The van der Waals surface area contributed by atoms with Gasteiger partial charge in [0, 0.05) is 24.5 Å². The molecule has 2 N–H and O–H groups in total. The van der Waals surface area contributed by atoms with Gasteiger partial charge in [0.15, 0.2) is 0 Å². The summed E-state index contributed by atoms with van der Waals surface area (Å²) < 4.78 is 13.7. The molecule has 0 bridgehead atoms. The molecule has 1 aliphatic rings. The van der Waals surface area contributed by atoms with Crippen molar-refractivity contribution in [3.63, 3.8) is 0 Å². The van der Waals surface area contributed by atoms with Gasteiger partial charge in [0.25, 0.3) is 5.56 Å². The zero-order valence-corrected chi connectivity index (χ0v) is 9.89. The Hall–Kier alpha value is -2.09. The Kier molecular flexibility index (Phi) is 3.32. The number of azide groups is 1. The van der Waals surface area contributed by atoms with Crippen LogP contribution in [-0.2, 0) is 11.3 Å². The van der Waals surface area contributed by atoms with Crippen LogP contribution in [0.3, 0.4) is 0 Å². The van der Waals surface area contributed by atoms with E-state index in [1.54, 1.807) is 0 Å². The SMILES string of the molecule is [2H]C[C@H]1O[C@@H](n2cc(CN=[N+]=[N-])c(=O)[nH]c2=O)C[C@H]1O. The van der Waals surface area contributed by atoms with E-state index in [9.17, 15) is 14.7 Å². The minimum atomic E-state index is -0.836. The molecule has 19 heavy (non-hydrogen) atoms. The normalized spacial score (nSPS) is 26.8. The molecular formula is C10H13N5O4. The summed E-state index contributed by atoms with van der Waals surface area (Å²) in [6.07, 6.45) is -0.860. The van der Waals surface area contributed by atoms with Crippen LogP contribution in [0.25, 0.3) is 10.4 Å². The average molecular weight is 268 g/mol. The van der Waals surface area contributed by atoms with Crippen LogP contribution in [0.1, 0.15) is 26.5 Å². The van der Waals surface area contributed by atoms with Gasteiger partial charge >= 0.3 is 5.69 Å². The van der Waals surface area contributed by atoms with Gasteiger partial charge in [0.2, 0.25) is 0 Å². The first-order valence-corrected chi connectivity index (χ1v) is 5.54. The van der Waals surface area contributed by atoms with E-state index in [-0.39, 0.29) is 25.4 Å². The van der Waals surface area contributed by atoms with Crippen molar-refractivity contribution in [1.29, 1.82) is 0 Å². The van der Waals surface area contributed by atoms with Crippen LogP contribution in [0.5, 0.6) is 0 Å². The van der Waals surface area contributed by atoms with Gasteiger partial charge in [-0.2, -0.15) is 0 Å². The van der Waals surface area contributed by atoms with Gasteiger partial charge in [0.05, 0.1) is 18.8 Å². The fraction of sp³-hybridized carbons (Fsp3) is 0.600. The average Bonchev–Trinajstić information content (AvgIpc) is 2.79. The third kappa shape index (κ3) is 2.68. The van der Waals surface area contributed by atoms with Gasteiger partial charge < -0.3 is 9.84 Å². The van der Waals surface area contributed by atoms with Crippen molar-refractivity contribution < 1.29 is 11.2 Å². The second-order valence-electron chi connectivity index (χ2n) is 4.14. The van der Waals surface area contributed by atoms with Crippen LogP contribution in [0, 0.1) is 0 Å². The Morgan fingerprint density at radius 3 is 3.21 bits per heavy atom. The second-order valence-corrected chi connectivity index (χ2v) is 4.14. The number of hydrogen-bond donors (Lipinski definition) is 2. The van der Waals surface area contributed by atoms with E-state index in [0.29, 0.717) is 0 Å². The fourth-order valence-corrected chi connectivity index (χ4v) is 1.85. The topological polar surface area (TPSA) is 133 Å². The van der Waals surface area contributed by atoms with Crippen molar-refractivity contribution in [2.75, 3.05) is 0 Å². The van der Waals surface area contributed by atoms with Crippen molar-refractivity contribution in [1.82, 2.24) is 9.55 Å². The Morgan fingerprint density at radius 1 is 1.79 bits per heavy atom. The number of nitrogens with zero attached hydrogens (tertiary/aromatic N) is 4. The summed E-state index contributed by atoms with van der Waals surface area (Å²) in [5.41, 5.74) is 7.07. The number of nitrogens with one attached hydrogen (secondary N) is 1. The first kappa shape index (κ1) is 12.0. The molecule has 0 aliphatic carbocycles. The van der Waals surface area contributed by atoms with E-state index >= 15 is 0 Å². The summed E-state index contributed by atoms with van der Waals surface area (Å²) in [7, 11) is 0. The second kappa shape index (κ2) is 5.27. The minimum Gasteiger partial charge on any atom is -0.390 e. The summed E-state index contributed by atoms with van der Waals surface area (Å²) in [6, 6.07) is 0. The van der Waals surface area contributed by atoms with Crippen LogP contribution in [-0.4, -0.2) is 26.9 Å². The molecule has 2 rings (SSSR count). The molecule has 0 spiro atoms. The predicted molar refractivity (Wildman–Crippen MR) is 64.4 cm³/mol. The Bertz CT molecular complexity index is 650. The van der Waals surface area contributed by atoms with E-state index in [1.807, 2.05) is 0 Å². The molecule has 1 aliphatic heterocycles. The lowest BCUT2D eigenvalue weighted by Crippen LogP contribution is -2.34. The molecule has 1 aromatic rings. The third-order valence-corrected chi connectivity index (χ3v) is 2.86. The number of ether oxygens (including phenoxy) is 1. The van der Waals surface area contributed by atoms with E-state index in [2.05, 4.69) is 15.0 Å². The summed E-state index contributed by atoms with van der Waals surface area (Å²) >= 11 is 0. The highest BCUT2D eigenvalue weighted by Gasteiger charge is 2.32. The smallest absolute Gasteiger partial charge is 0.330 e. The molecule has 1 saturated heterocycles. The Labute approximate surface area is 108 Å². The number of aromatic nitrogens is 2. The van der Waals surface area contributed by atoms with E-state index in [1.165, 1.54) is 6.20 Å². The molecule has 9 heteroatoms. The number of aliphatic hydroxyl groups excluding tert-OH is 1. The van der Waals surface area contributed by atoms with Crippen molar-refractivity contribution >= 4 is 0 Å². The van der Waals surface area contributed by atoms with Gasteiger partial charge in [0.1, 0.15) is 6.23 Å². The van der Waals surface area contributed by atoms with Gasteiger partial charge in [-0.25, -0.2) is 4.79 Å². The summed E-state index contributed by atoms with van der Waals surface area (Å²) in [6.45, 7) is -0.315. The summed E-state index contributed by atoms with van der Waals surface area (Å²) in [4.78, 5) is 27.9. The molecule has 1 aromatic heterocycles. The van der Waals surface area contributed by atoms with Gasteiger partial charge in [-0.15, -0.1) is 0 Å². The molecule has 0 unspecified atom stereocenters. The zero-order valence-electron chi connectivity index (χ0n) is 10.9. The van der Waals surface area contributed by atoms with Crippen molar-refractivity contribution in [3.05, 3.63) is 43.0 Å². The maximum absolute atomic E-state index is 11.8. The molecule has 0 amide bonds. The monoisotopic (exact) mass is 268 g/mol. The molecule has 0 radical (unpaired) electrons. The Morgan fingerprint density at radius 2 is 2.58 bits per heavy atom. The van der Waals surface area contributed by atoms with Crippen LogP contribution >= 0.6 is 0 Å². The van der Waals surface area contributed by atoms with Crippen molar-refractivity contribution in [2.45, 2.75) is 38.3 Å². The highest BCUT2D eigenvalue weighted by molar-refractivity contribution is 5.05. The summed E-state index contributed by atoms with van der Waals surface area (Å²) in [5, 5.41) is 12.9. The maximum atomic E-state index is 11.8. The number of aliphatic hydroxyl groups is 1. The summed E-state index contributed by atoms with van der Waals surface area (Å²) in [5.74, 6) is 0. The van der Waals surface area contributed by atoms with Crippen LogP contribution in [0.15, 0.2) is 20.9 Å². The lowest BCUT2D eigenvalue weighted by molar-refractivity contribution is -0.0102. The molecule has 3 atom stereocenters. The molecule has 9 nitrogen and oxygen atoms in total. The van der Waals surface area contributed by atoms with Crippen molar-refractivity contribution in [2.24, 2.45) is 5.11 Å². The lowest BCUT2D eigenvalue weighted by Gasteiger charge is -2.14. The minimum absolute atomic E-state index is 0.120. The highest BCUT2D eigenvalue weighted by atomic mass is 16.5. The van der Waals surface area contributed by atoms with E-state index in [4.69, 9.17) is 11.6 Å². The molecule has 0 saturated carbocycles. The third-order valence-electron chi connectivity index (χ3n) is 2.86. The Balaban J connectivity index is 2.35. The predicted octanol–water partition coefficient (Wildman–Crippen LogP) is 0.0152. The zero-order chi connectivity index (χ0) is 14.7. The van der Waals surface area contributed by atoms with Gasteiger partial charge in [-0.3, -0.25) is 14.3 Å². The molecule has 1 fully saturated rings. The number of rotatable bonds is 3. The first-order chi connectivity index (χ1) is 9.56. The largest absolute Gasteiger partial charge is 0.390 e. The number of hydrogen-bond acceptors (Lipinski definition) is 5. The van der Waals surface area contributed by atoms with Gasteiger partial charge in [-0.05, 0) is 12.4 Å². The van der Waals surface area contributed by atoms with E-state index < -0.39 is 29.7 Å². The number of H-pyrrole nitrogens is 1. The van der Waals surface area contributed by atoms with Crippen LogP contribution in [0.2, 0.25) is 0 Å².